The lowest BCUT2D eigenvalue weighted by Gasteiger charge is -2.27. The molecule has 10 heteroatoms. The summed E-state index contributed by atoms with van der Waals surface area (Å²) >= 11 is 0. The lowest BCUT2D eigenvalue weighted by Crippen LogP contribution is -2.36. The predicted octanol–water partition coefficient (Wildman–Crippen LogP) is 4.01. The highest BCUT2D eigenvalue weighted by Crippen LogP contribution is 2.29. The van der Waals surface area contributed by atoms with Crippen molar-refractivity contribution in [1.29, 1.82) is 0 Å². The van der Waals surface area contributed by atoms with Gasteiger partial charge in [0, 0.05) is 49.2 Å². The molecule has 0 spiro atoms. The van der Waals surface area contributed by atoms with E-state index in [4.69, 9.17) is 14.7 Å². The first-order valence-electron chi connectivity index (χ1n) is 11.7. The van der Waals surface area contributed by atoms with Gasteiger partial charge in [0.1, 0.15) is 5.82 Å². The maximum Gasteiger partial charge on any atom is 0.221 e. The van der Waals surface area contributed by atoms with Gasteiger partial charge in [0.15, 0.2) is 22.8 Å². The topological polar surface area (TPSA) is 110 Å². The summed E-state index contributed by atoms with van der Waals surface area (Å²) in [5.41, 5.74) is 3.81. The van der Waals surface area contributed by atoms with Crippen LogP contribution in [0, 0.1) is 0 Å². The quantitative estimate of drug-likeness (QED) is 0.433. The number of anilines is 4. The first-order valence-corrected chi connectivity index (χ1v) is 11.7. The number of hydrogen-bond acceptors (Lipinski definition) is 8. The molecule has 1 aromatic carbocycles. The Kier molecular flexibility index (Phi) is 6.28. The summed E-state index contributed by atoms with van der Waals surface area (Å²) in [5.74, 6) is 1.98. The molecule has 35 heavy (non-hydrogen) atoms. The number of pyridine rings is 1. The number of aromatic nitrogens is 5. The summed E-state index contributed by atoms with van der Waals surface area (Å²) in [6.07, 6.45) is 3.60. The van der Waals surface area contributed by atoms with Gasteiger partial charge in [-0.3, -0.25) is 4.79 Å². The van der Waals surface area contributed by atoms with E-state index in [1.165, 1.54) is 6.92 Å². The van der Waals surface area contributed by atoms with Crippen LogP contribution in [0.4, 0.5) is 23.0 Å². The van der Waals surface area contributed by atoms with Crippen LogP contribution in [0.15, 0.2) is 48.9 Å². The third-order valence-corrected chi connectivity index (χ3v) is 5.79. The van der Waals surface area contributed by atoms with Crippen molar-refractivity contribution < 1.29 is 9.53 Å². The maximum absolute atomic E-state index is 11.3. The molecule has 3 aromatic heterocycles. The smallest absolute Gasteiger partial charge is 0.221 e. The highest BCUT2D eigenvalue weighted by molar-refractivity contribution is 5.90. The van der Waals surface area contributed by atoms with Crippen molar-refractivity contribution in [2.45, 2.75) is 26.8 Å². The summed E-state index contributed by atoms with van der Waals surface area (Å²) in [7, 11) is 0. The highest BCUT2D eigenvalue weighted by atomic mass is 16.5. The van der Waals surface area contributed by atoms with Crippen molar-refractivity contribution in [2.24, 2.45) is 0 Å². The predicted molar refractivity (Wildman–Crippen MR) is 136 cm³/mol. The lowest BCUT2D eigenvalue weighted by molar-refractivity contribution is -0.114. The first-order chi connectivity index (χ1) is 17.0. The number of carbonyl (C=O) groups is 1. The van der Waals surface area contributed by atoms with Crippen LogP contribution in [0.2, 0.25) is 0 Å². The van der Waals surface area contributed by atoms with Crippen molar-refractivity contribution >= 4 is 40.1 Å². The van der Waals surface area contributed by atoms with Crippen molar-refractivity contribution in [2.75, 3.05) is 41.8 Å². The van der Waals surface area contributed by atoms with E-state index in [2.05, 4.69) is 39.3 Å². The van der Waals surface area contributed by atoms with Crippen LogP contribution in [-0.2, 0) is 9.53 Å². The van der Waals surface area contributed by atoms with E-state index < -0.39 is 0 Å². The summed E-state index contributed by atoms with van der Waals surface area (Å²) in [6, 6.07) is 11.6. The summed E-state index contributed by atoms with van der Waals surface area (Å²) in [4.78, 5) is 32.4. The number of benzene rings is 1. The van der Waals surface area contributed by atoms with Crippen LogP contribution < -0.4 is 15.5 Å². The Morgan fingerprint density at radius 3 is 2.40 bits per heavy atom. The molecular formula is C25H28N8O2. The Morgan fingerprint density at radius 2 is 1.74 bits per heavy atom. The molecule has 180 valence electrons. The van der Waals surface area contributed by atoms with Crippen molar-refractivity contribution in [3.63, 3.8) is 0 Å². The van der Waals surface area contributed by atoms with Crippen LogP contribution in [0.1, 0.15) is 26.8 Å². The van der Waals surface area contributed by atoms with Gasteiger partial charge in [-0.15, -0.1) is 0 Å². The zero-order chi connectivity index (χ0) is 24.4. The zero-order valence-corrected chi connectivity index (χ0v) is 20.0. The van der Waals surface area contributed by atoms with Gasteiger partial charge < -0.3 is 24.8 Å². The minimum Gasteiger partial charge on any atom is -0.378 e. The number of morpholine rings is 1. The molecule has 0 radical (unpaired) electrons. The maximum atomic E-state index is 11.3. The molecule has 2 N–H and O–H groups in total. The van der Waals surface area contributed by atoms with Crippen molar-refractivity contribution in [3.8, 4) is 11.4 Å². The summed E-state index contributed by atoms with van der Waals surface area (Å²) in [6.45, 7) is 8.75. The second kappa shape index (κ2) is 9.67. The largest absolute Gasteiger partial charge is 0.378 e. The second-order valence-electron chi connectivity index (χ2n) is 8.70. The van der Waals surface area contributed by atoms with Crippen LogP contribution in [0.5, 0.6) is 0 Å². The standard InChI is InChI=1S/C25H28N8O2/c1-16(2)33-15-27-22-24(29-20-7-5-19(6-8-20)28-17(3)34)30-23(31-25(22)33)18-4-9-21(26-14-18)32-10-12-35-13-11-32/h4-9,14-16H,10-13H2,1-3H3,(H,28,34)(H,29,30,31). The average Bonchev–Trinajstić information content (AvgIpc) is 3.30. The highest BCUT2D eigenvalue weighted by Gasteiger charge is 2.17. The Bertz CT molecular complexity index is 1330. The number of hydrogen-bond donors (Lipinski definition) is 2. The van der Waals surface area contributed by atoms with Gasteiger partial charge in [0.05, 0.1) is 19.5 Å². The SMILES string of the molecule is CC(=O)Nc1ccc(Nc2nc(-c3ccc(N4CCOCC4)nc3)nc3c2ncn3C(C)C)cc1. The van der Waals surface area contributed by atoms with E-state index in [9.17, 15) is 4.79 Å². The minimum atomic E-state index is -0.111. The van der Waals surface area contributed by atoms with Crippen LogP contribution in [0.25, 0.3) is 22.6 Å². The molecular weight excluding hydrogens is 444 g/mol. The van der Waals surface area contributed by atoms with Gasteiger partial charge in [0.2, 0.25) is 5.91 Å². The van der Waals surface area contributed by atoms with E-state index in [0.717, 1.165) is 41.5 Å². The molecule has 1 amide bonds. The van der Waals surface area contributed by atoms with Gasteiger partial charge in [-0.05, 0) is 50.2 Å². The van der Waals surface area contributed by atoms with Gasteiger partial charge in [-0.1, -0.05) is 0 Å². The lowest BCUT2D eigenvalue weighted by atomic mass is 10.2. The molecule has 4 aromatic rings. The fraction of sp³-hybridized carbons (Fsp3) is 0.320. The number of rotatable bonds is 6. The number of imidazole rings is 1. The van der Waals surface area contributed by atoms with Crippen molar-refractivity contribution in [3.05, 3.63) is 48.9 Å². The number of nitrogens with zero attached hydrogens (tertiary/aromatic N) is 6. The van der Waals surface area contributed by atoms with Crippen LogP contribution in [-0.4, -0.2) is 56.7 Å². The third-order valence-electron chi connectivity index (χ3n) is 5.79. The molecule has 1 aliphatic rings. The summed E-state index contributed by atoms with van der Waals surface area (Å²) in [5, 5.41) is 6.15. The average molecular weight is 473 g/mol. The molecule has 1 fully saturated rings. The molecule has 0 unspecified atom stereocenters. The third kappa shape index (κ3) is 4.92. The number of ether oxygens (including phenoxy) is 1. The Balaban J connectivity index is 1.50. The minimum absolute atomic E-state index is 0.111. The van der Waals surface area contributed by atoms with E-state index in [-0.39, 0.29) is 11.9 Å². The van der Waals surface area contributed by atoms with Gasteiger partial charge in [0.25, 0.3) is 0 Å². The van der Waals surface area contributed by atoms with Crippen LogP contribution in [0.3, 0.4) is 0 Å². The Hall–Kier alpha value is -4.05. The molecule has 5 rings (SSSR count). The normalized spacial score (nSPS) is 13.9. The molecule has 1 aliphatic heterocycles. The molecule has 1 saturated heterocycles. The van der Waals surface area contributed by atoms with E-state index in [0.29, 0.717) is 30.4 Å². The number of amides is 1. The number of carbonyl (C=O) groups excluding carboxylic acids is 1. The fourth-order valence-corrected chi connectivity index (χ4v) is 3.99. The van der Waals surface area contributed by atoms with E-state index >= 15 is 0 Å². The van der Waals surface area contributed by atoms with Crippen LogP contribution >= 0.6 is 0 Å². The molecule has 0 saturated carbocycles. The molecule has 10 nitrogen and oxygen atoms in total. The zero-order valence-electron chi connectivity index (χ0n) is 20.0. The molecule has 0 bridgehead atoms. The molecule has 0 aliphatic carbocycles. The molecule has 0 atom stereocenters. The Labute approximate surface area is 203 Å². The van der Waals surface area contributed by atoms with Crippen molar-refractivity contribution in [1.82, 2.24) is 24.5 Å². The fourth-order valence-electron chi connectivity index (χ4n) is 3.99. The Morgan fingerprint density at radius 1 is 1.00 bits per heavy atom. The second-order valence-corrected chi connectivity index (χ2v) is 8.70. The first kappa shape index (κ1) is 22.7. The monoisotopic (exact) mass is 472 g/mol. The van der Waals surface area contributed by atoms with E-state index in [1.54, 1.807) is 6.33 Å². The van der Waals surface area contributed by atoms with Gasteiger partial charge in [-0.2, -0.15) is 0 Å². The summed E-state index contributed by atoms with van der Waals surface area (Å²) < 4.78 is 7.47. The number of nitrogens with one attached hydrogen (secondary N) is 2. The molecule has 4 heterocycles. The van der Waals surface area contributed by atoms with Gasteiger partial charge >= 0.3 is 0 Å². The van der Waals surface area contributed by atoms with Gasteiger partial charge in [-0.25, -0.2) is 19.9 Å². The number of fused-ring (bicyclic) bond motifs is 1. The van der Waals surface area contributed by atoms with E-state index in [1.807, 2.05) is 47.2 Å².